The highest BCUT2D eigenvalue weighted by atomic mass is 32.2. The Morgan fingerprint density at radius 1 is 1.17 bits per heavy atom. The number of hydrogen-bond acceptors (Lipinski definition) is 6. The van der Waals surface area contributed by atoms with Crippen LogP contribution >= 0.6 is 0 Å². The molecule has 0 bridgehead atoms. The number of carboxylic acids is 2. The Bertz CT molecular complexity index is 613. The van der Waals surface area contributed by atoms with Gasteiger partial charge in [0.2, 0.25) is 11.8 Å². The van der Waals surface area contributed by atoms with Crippen molar-refractivity contribution in [1.82, 2.24) is 4.90 Å². The summed E-state index contributed by atoms with van der Waals surface area (Å²) in [6.07, 6.45) is -1.00. The minimum atomic E-state index is -4.99. The fourth-order valence-electron chi connectivity index (χ4n) is 1.67. The molecule has 11 nitrogen and oxygen atoms in total. The molecule has 130 valence electrons. The molecule has 12 heteroatoms. The number of carbonyl (C=O) groups excluding carboxylic acids is 2. The molecular formula is C11H16N2O9S. The van der Waals surface area contributed by atoms with E-state index in [4.69, 9.17) is 20.5 Å². The van der Waals surface area contributed by atoms with E-state index in [0.717, 1.165) is 6.08 Å². The first-order valence-corrected chi connectivity index (χ1v) is 7.52. The molecule has 0 aliphatic heterocycles. The van der Waals surface area contributed by atoms with Crippen molar-refractivity contribution in [1.29, 1.82) is 0 Å². The summed E-state index contributed by atoms with van der Waals surface area (Å²) < 4.78 is 30.9. The second-order valence-corrected chi connectivity index (χ2v) is 6.00. The van der Waals surface area contributed by atoms with Gasteiger partial charge in [-0.05, 0) is 0 Å². The monoisotopic (exact) mass is 352 g/mol. The van der Waals surface area contributed by atoms with E-state index in [9.17, 15) is 27.6 Å². The zero-order valence-electron chi connectivity index (χ0n) is 11.8. The molecule has 2 amide bonds. The molecule has 0 radical (unpaired) electrons. The fourth-order valence-corrected chi connectivity index (χ4v) is 2.31. The number of primary amides is 1. The smallest absolute Gasteiger partial charge is 0.327 e. The van der Waals surface area contributed by atoms with Gasteiger partial charge in [0.25, 0.3) is 10.1 Å². The topological polar surface area (TPSA) is 192 Å². The molecule has 5 N–H and O–H groups in total. The van der Waals surface area contributed by atoms with Gasteiger partial charge < -0.3 is 20.8 Å². The molecule has 23 heavy (non-hydrogen) atoms. The van der Waals surface area contributed by atoms with Crippen LogP contribution in [0.1, 0.15) is 12.8 Å². The number of hydrogen-bond donors (Lipinski definition) is 4. The number of amides is 2. The van der Waals surface area contributed by atoms with Crippen LogP contribution in [-0.4, -0.2) is 69.7 Å². The van der Waals surface area contributed by atoms with Crippen molar-refractivity contribution in [2.75, 3.05) is 6.54 Å². The minimum Gasteiger partial charge on any atom is -0.481 e. The van der Waals surface area contributed by atoms with Crippen LogP contribution in [0.2, 0.25) is 0 Å². The summed E-state index contributed by atoms with van der Waals surface area (Å²) in [4.78, 5) is 45.4. The molecule has 0 aromatic rings. The van der Waals surface area contributed by atoms with Crippen LogP contribution in [0, 0.1) is 0 Å². The van der Waals surface area contributed by atoms with Crippen molar-refractivity contribution in [3.8, 4) is 0 Å². The third-order valence-corrected chi connectivity index (χ3v) is 3.83. The maximum atomic E-state index is 12.1. The van der Waals surface area contributed by atoms with E-state index in [1.807, 2.05) is 0 Å². The van der Waals surface area contributed by atoms with Crippen LogP contribution in [0.3, 0.4) is 0 Å². The predicted molar refractivity (Wildman–Crippen MR) is 74.7 cm³/mol. The Morgan fingerprint density at radius 3 is 2.00 bits per heavy atom. The average Bonchev–Trinajstić information content (AvgIpc) is 2.37. The quantitative estimate of drug-likeness (QED) is 0.255. The second-order valence-electron chi connectivity index (χ2n) is 4.40. The van der Waals surface area contributed by atoms with Gasteiger partial charge in [0.15, 0.2) is 5.25 Å². The molecule has 0 spiro atoms. The first-order valence-electron chi connectivity index (χ1n) is 6.02. The van der Waals surface area contributed by atoms with E-state index >= 15 is 0 Å². The Kier molecular flexibility index (Phi) is 7.35. The van der Waals surface area contributed by atoms with Crippen molar-refractivity contribution in [3.63, 3.8) is 0 Å². The maximum Gasteiger partial charge on any atom is 0.327 e. The van der Waals surface area contributed by atoms with Crippen molar-refractivity contribution >= 4 is 33.9 Å². The molecule has 0 rings (SSSR count). The second kappa shape index (κ2) is 8.24. The highest BCUT2D eigenvalue weighted by Crippen LogP contribution is 2.12. The van der Waals surface area contributed by atoms with Crippen molar-refractivity contribution in [3.05, 3.63) is 12.7 Å². The van der Waals surface area contributed by atoms with E-state index in [2.05, 4.69) is 6.58 Å². The molecular weight excluding hydrogens is 336 g/mol. The molecule has 0 saturated heterocycles. The van der Waals surface area contributed by atoms with Gasteiger partial charge in [0, 0.05) is 6.54 Å². The molecule has 2 unspecified atom stereocenters. The van der Waals surface area contributed by atoms with Crippen LogP contribution in [-0.2, 0) is 29.3 Å². The maximum absolute atomic E-state index is 12.1. The SMILES string of the molecule is C=CCN(C(=O)CC(C(N)=O)S(=O)(=O)O)C(CC(=O)O)C(=O)O. The molecule has 0 heterocycles. The van der Waals surface area contributed by atoms with Gasteiger partial charge >= 0.3 is 11.9 Å². The first kappa shape index (κ1) is 20.5. The zero-order chi connectivity index (χ0) is 18.4. The summed E-state index contributed by atoms with van der Waals surface area (Å²) in [7, 11) is -4.99. The van der Waals surface area contributed by atoms with Gasteiger partial charge in [-0.3, -0.25) is 18.9 Å². The molecule has 0 aromatic heterocycles. The van der Waals surface area contributed by atoms with Gasteiger partial charge in [-0.15, -0.1) is 6.58 Å². The summed E-state index contributed by atoms with van der Waals surface area (Å²) in [5.74, 6) is -5.87. The van der Waals surface area contributed by atoms with E-state index < -0.39 is 64.5 Å². The Morgan fingerprint density at radius 2 is 1.70 bits per heavy atom. The molecule has 0 aliphatic carbocycles. The van der Waals surface area contributed by atoms with Crippen molar-refractivity contribution < 1.29 is 42.4 Å². The molecule has 0 saturated carbocycles. The molecule has 0 fully saturated rings. The number of aliphatic carboxylic acids is 2. The standard InChI is InChI=1S/C11H16N2O9S/c1-2-3-13(6(11(18)19)4-9(15)16)8(14)5-7(10(12)17)23(20,21)22/h2,6-7H,1,3-5H2,(H2,12,17)(H,15,16)(H,18,19)(H,20,21,22). The largest absolute Gasteiger partial charge is 0.481 e. The van der Waals surface area contributed by atoms with Crippen LogP contribution in [0.5, 0.6) is 0 Å². The summed E-state index contributed by atoms with van der Waals surface area (Å²) in [5, 5.41) is 15.4. The normalized spacial score (nSPS) is 13.6. The summed E-state index contributed by atoms with van der Waals surface area (Å²) in [6.45, 7) is 2.86. The summed E-state index contributed by atoms with van der Waals surface area (Å²) >= 11 is 0. The Labute approximate surface area is 131 Å². The van der Waals surface area contributed by atoms with E-state index in [0.29, 0.717) is 4.90 Å². The highest BCUT2D eigenvalue weighted by molar-refractivity contribution is 7.87. The number of carboxylic acid groups (broad SMARTS) is 2. The number of nitrogens with two attached hydrogens (primary N) is 1. The van der Waals surface area contributed by atoms with Gasteiger partial charge in [-0.2, -0.15) is 8.42 Å². The van der Waals surface area contributed by atoms with Gasteiger partial charge in [-0.25, -0.2) is 4.79 Å². The van der Waals surface area contributed by atoms with E-state index in [1.165, 1.54) is 0 Å². The zero-order valence-corrected chi connectivity index (χ0v) is 12.6. The van der Waals surface area contributed by atoms with Crippen molar-refractivity contribution in [2.45, 2.75) is 24.1 Å². The molecule has 0 aromatic carbocycles. The first-order chi connectivity index (χ1) is 10.4. The van der Waals surface area contributed by atoms with Crippen LogP contribution < -0.4 is 5.73 Å². The third-order valence-electron chi connectivity index (χ3n) is 2.71. The predicted octanol–water partition coefficient (Wildman–Crippen LogP) is -1.94. The van der Waals surface area contributed by atoms with E-state index in [1.54, 1.807) is 0 Å². The van der Waals surface area contributed by atoms with Crippen LogP contribution in [0.4, 0.5) is 0 Å². The number of nitrogens with zero attached hydrogens (tertiary/aromatic N) is 1. The Balaban J connectivity index is 5.54. The fraction of sp³-hybridized carbons (Fsp3) is 0.455. The lowest BCUT2D eigenvalue weighted by Gasteiger charge is -2.27. The third kappa shape index (κ3) is 6.44. The lowest BCUT2D eigenvalue weighted by Crippen LogP contribution is -2.49. The molecule has 2 atom stereocenters. The average molecular weight is 352 g/mol. The minimum absolute atomic E-state index is 0.417. The van der Waals surface area contributed by atoms with Crippen molar-refractivity contribution in [2.24, 2.45) is 5.73 Å². The van der Waals surface area contributed by atoms with Gasteiger partial charge in [-0.1, -0.05) is 6.08 Å². The summed E-state index contributed by atoms with van der Waals surface area (Å²) in [6, 6.07) is -1.81. The number of rotatable bonds is 10. The number of carbonyl (C=O) groups is 4. The highest BCUT2D eigenvalue weighted by Gasteiger charge is 2.37. The Hall–Kier alpha value is -2.47. The lowest BCUT2D eigenvalue weighted by molar-refractivity contribution is -0.154. The van der Waals surface area contributed by atoms with Crippen LogP contribution in [0.25, 0.3) is 0 Å². The van der Waals surface area contributed by atoms with Gasteiger partial charge in [0.05, 0.1) is 12.8 Å². The van der Waals surface area contributed by atoms with E-state index in [-0.39, 0.29) is 0 Å². The molecule has 0 aliphatic rings. The summed E-state index contributed by atoms with van der Waals surface area (Å²) in [5.41, 5.74) is 4.78. The van der Waals surface area contributed by atoms with Gasteiger partial charge in [0.1, 0.15) is 6.04 Å². The lowest BCUT2D eigenvalue weighted by atomic mass is 10.1. The van der Waals surface area contributed by atoms with Crippen LogP contribution in [0.15, 0.2) is 12.7 Å².